The highest BCUT2D eigenvalue weighted by atomic mass is 16.4. The largest absolute Gasteiger partial charge is 0.481 e. The van der Waals surface area contributed by atoms with E-state index in [1.807, 2.05) is 29.2 Å². The molecule has 0 amide bonds. The third-order valence-corrected chi connectivity index (χ3v) is 3.35. The number of aliphatic carboxylic acids is 1. The molecule has 0 bridgehead atoms. The van der Waals surface area contributed by atoms with Crippen LogP contribution in [0, 0.1) is 17.2 Å². The third kappa shape index (κ3) is 1.87. The number of benzene rings is 1. The van der Waals surface area contributed by atoms with Gasteiger partial charge in [0.05, 0.1) is 17.0 Å². The molecule has 1 aliphatic heterocycles. The maximum atomic E-state index is 10.8. The van der Waals surface area contributed by atoms with Gasteiger partial charge in [-0.3, -0.25) is 4.79 Å². The zero-order valence-corrected chi connectivity index (χ0v) is 10.1. The number of pyridine rings is 1. The minimum Gasteiger partial charge on any atom is -0.481 e. The van der Waals surface area contributed by atoms with Gasteiger partial charge in [-0.15, -0.1) is 0 Å². The Hall–Kier alpha value is -2.61. The molecule has 0 radical (unpaired) electrons. The Morgan fingerprint density at radius 3 is 2.84 bits per heavy atom. The van der Waals surface area contributed by atoms with Crippen LogP contribution in [0.3, 0.4) is 0 Å². The normalized spacial score (nSPS) is 15.0. The van der Waals surface area contributed by atoms with Crippen LogP contribution >= 0.6 is 0 Å². The van der Waals surface area contributed by atoms with Crippen molar-refractivity contribution in [2.45, 2.75) is 0 Å². The SMILES string of the molecule is N#Cc1cc2ccccc2nc1N1CC(C(=O)O)C1. The van der Waals surface area contributed by atoms with Crippen LogP contribution < -0.4 is 4.90 Å². The quantitative estimate of drug-likeness (QED) is 0.880. The zero-order chi connectivity index (χ0) is 13.4. The molecular weight excluding hydrogens is 242 g/mol. The number of nitrogens with zero attached hydrogens (tertiary/aromatic N) is 3. The summed E-state index contributed by atoms with van der Waals surface area (Å²) in [6, 6.07) is 11.5. The fourth-order valence-corrected chi connectivity index (χ4v) is 2.24. The Kier molecular flexibility index (Phi) is 2.57. The van der Waals surface area contributed by atoms with Gasteiger partial charge in [-0.25, -0.2) is 4.98 Å². The molecule has 1 saturated heterocycles. The fourth-order valence-electron chi connectivity index (χ4n) is 2.24. The highest BCUT2D eigenvalue weighted by Crippen LogP contribution is 2.28. The number of aromatic nitrogens is 1. The lowest BCUT2D eigenvalue weighted by Crippen LogP contribution is -2.51. The summed E-state index contributed by atoms with van der Waals surface area (Å²) in [5.74, 6) is -0.575. The average Bonchev–Trinajstić information content (AvgIpc) is 2.35. The first-order chi connectivity index (χ1) is 9.19. The molecule has 0 aliphatic carbocycles. The monoisotopic (exact) mass is 253 g/mol. The van der Waals surface area contributed by atoms with Crippen molar-refractivity contribution >= 4 is 22.7 Å². The van der Waals surface area contributed by atoms with E-state index in [-0.39, 0.29) is 5.92 Å². The maximum Gasteiger partial charge on any atom is 0.310 e. The lowest BCUT2D eigenvalue weighted by Gasteiger charge is -2.38. The van der Waals surface area contributed by atoms with Crippen LogP contribution in [0.1, 0.15) is 5.56 Å². The number of carbonyl (C=O) groups is 1. The van der Waals surface area contributed by atoms with Crippen LogP contribution in [0.5, 0.6) is 0 Å². The van der Waals surface area contributed by atoms with Crippen LogP contribution in [0.2, 0.25) is 0 Å². The molecule has 3 rings (SSSR count). The first-order valence-electron chi connectivity index (χ1n) is 5.96. The highest BCUT2D eigenvalue weighted by Gasteiger charge is 2.34. The molecule has 1 aromatic heterocycles. The van der Waals surface area contributed by atoms with E-state index < -0.39 is 5.97 Å². The topological polar surface area (TPSA) is 77.2 Å². The summed E-state index contributed by atoms with van der Waals surface area (Å²) in [5.41, 5.74) is 1.30. The maximum absolute atomic E-state index is 10.8. The molecule has 1 N–H and O–H groups in total. The van der Waals surface area contributed by atoms with E-state index in [0.29, 0.717) is 24.5 Å². The predicted octanol–water partition coefficient (Wildman–Crippen LogP) is 1.63. The number of carboxylic acids is 1. The van der Waals surface area contributed by atoms with E-state index in [4.69, 9.17) is 5.11 Å². The molecule has 0 saturated carbocycles. The van der Waals surface area contributed by atoms with Gasteiger partial charge < -0.3 is 10.0 Å². The van der Waals surface area contributed by atoms with Crippen LogP contribution in [0.15, 0.2) is 30.3 Å². The molecule has 0 unspecified atom stereocenters. The van der Waals surface area contributed by atoms with E-state index in [1.54, 1.807) is 6.07 Å². The van der Waals surface area contributed by atoms with Crippen molar-refractivity contribution in [2.24, 2.45) is 5.92 Å². The summed E-state index contributed by atoms with van der Waals surface area (Å²) >= 11 is 0. The van der Waals surface area contributed by atoms with Gasteiger partial charge in [-0.2, -0.15) is 5.26 Å². The molecule has 0 spiro atoms. The van der Waals surface area contributed by atoms with Crippen LogP contribution in [-0.2, 0) is 4.79 Å². The van der Waals surface area contributed by atoms with Crippen LogP contribution in [0.25, 0.3) is 10.9 Å². The standard InChI is InChI=1S/C14H11N3O2/c15-6-10-5-9-3-1-2-4-12(9)16-13(10)17-7-11(8-17)14(18)19/h1-5,11H,7-8H2,(H,18,19). The van der Waals surface area contributed by atoms with Gasteiger partial charge in [0.15, 0.2) is 0 Å². The van der Waals surface area contributed by atoms with E-state index in [2.05, 4.69) is 11.1 Å². The second-order valence-corrected chi connectivity index (χ2v) is 4.60. The summed E-state index contributed by atoms with van der Waals surface area (Å²) < 4.78 is 0. The third-order valence-electron chi connectivity index (χ3n) is 3.35. The Labute approximate surface area is 109 Å². The van der Waals surface area contributed by atoms with Gasteiger partial charge >= 0.3 is 5.97 Å². The van der Waals surface area contributed by atoms with Gasteiger partial charge in [0, 0.05) is 18.5 Å². The Balaban J connectivity index is 1.99. The van der Waals surface area contributed by atoms with Gasteiger partial charge in [0.25, 0.3) is 0 Å². The first kappa shape index (κ1) is 11.5. The lowest BCUT2D eigenvalue weighted by molar-refractivity contribution is -0.142. The fraction of sp³-hybridized carbons (Fsp3) is 0.214. The number of nitriles is 1. The highest BCUT2D eigenvalue weighted by molar-refractivity contribution is 5.84. The van der Waals surface area contributed by atoms with Crippen molar-refractivity contribution in [3.63, 3.8) is 0 Å². The summed E-state index contributed by atoms with van der Waals surface area (Å²) in [4.78, 5) is 17.1. The number of rotatable bonds is 2. The second-order valence-electron chi connectivity index (χ2n) is 4.60. The minimum atomic E-state index is -0.796. The van der Waals surface area contributed by atoms with Crippen LogP contribution in [0.4, 0.5) is 5.82 Å². The molecule has 5 heteroatoms. The Morgan fingerprint density at radius 2 is 2.16 bits per heavy atom. The number of carboxylic acid groups (broad SMARTS) is 1. The summed E-state index contributed by atoms with van der Waals surface area (Å²) in [5, 5.41) is 19.0. The van der Waals surface area contributed by atoms with Crippen molar-refractivity contribution in [1.82, 2.24) is 4.98 Å². The Morgan fingerprint density at radius 1 is 1.42 bits per heavy atom. The molecule has 2 aromatic rings. The molecule has 1 fully saturated rings. The first-order valence-corrected chi connectivity index (χ1v) is 5.96. The zero-order valence-electron chi connectivity index (χ0n) is 10.1. The van der Waals surface area contributed by atoms with Gasteiger partial charge in [-0.05, 0) is 12.1 Å². The molecule has 2 heterocycles. The Bertz CT molecular complexity index is 699. The van der Waals surface area contributed by atoms with Gasteiger partial charge in [0.1, 0.15) is 11.9 Å². The van der Waals surface area contributed by atoms with Crippen molar-refractivity contribution in [3.8, 4) is 6.07 Å². The smallest absolute Gasteiger partial charge is 0.310 e. The number of hydrogen-bond donors (Lipinski definition) is 1. The van der Waals surface area contributed by atoms with Crippen LogP contribution in [-0.4, -0.2) is 29.1 Å². The van der Waals surface area contributed by atoms with E-state index in [9.17, 15) is 10.1 Å². The number of para-hydroxylation sites is 1. The number of fused-ring (bicyclic) bond motifs is 1. The molecule has 1 aliphatic rings. The molecule has 5 nitrogen and oxygen atoms in total. The summed E-state index contributed by atoms with van der Waals surface area (Å²) in [7, 11) is 0. The molecular formula is C14H11N3O2. The second kappa shape index (κ2) is 4.25. The van der Waals surface area contributed by atoms with Crippen molar-refractivity contribution in [2.75, 3.05) is 18.0 Å². The van der Waals surface area contributed by atoms with Crippen molar-refractivity contribution < 1.29 is 9.90 Å². The summed E-state index contributed by atoms with van der Waals surface area (Å²) in [6.07, 6.45) is 0. The van der Waals surface area contributed by atoms with E-state index in [1.165, 1.54) is 0 Å². The number of anilines is 1. The van der Waals surface area contributed by atoms with Gasteiger partial charge in [0.2, 0.25) is 0 Å². The average molecular weight is 253 g/mol. The number of hydrogen-bond acceptors (Lipinski definition) is 4. The van der Waals surface area contributed by atoms with E-state index >= 15 is 0 Å². The molecule has 19 heavy (non-hydrogen) atoms. The lowest BCUT2D eigenvalue weighted by atomic mass is 9.99. The minimum absolute atomic E-state index is 0.361. The molecule has 94 valence electrons. The van der Waals surface area contributed by atoms with Crippen molar-refractivity contribution in [1.29, 1.82) is 5.26 Å². The van der Waals surface area contributed by atoms with E-state index in [0.717, 1.165) is 10.9 Å². The van der Waals surface area contributed by atoms with Crippen molar-refractivity contribution in [3.05, 3.63) is 35.9 Å². The summed E-state index contributed by atoms with van der Waals surface area (Å²) in [6.45, 7) is 0.824. The molecule has 0 atom stereocenters. The predicted molar refractivity (Wildman–Crippen MR) is 69.8 cm³/mol. The molecule has 1 aromatic carbocycles. The van der Waals surface area contributed by atoms with Gasteiger partial charge in [-0.1, -0.05) is 18.2 Å².